The zero-order valence-electron chi connectivity index (χ0n) is 24.5. The van der Waals surface area contributed by atoms with Gasteiger partial charge in [-0.25, -0.2) is 4.79 Å². The van der Waals surface area contributed by atoms with Crippen LogP contribution in [0, 0.1) is 0 Å². The van der Waals surface area contributed by atoms with Crippen LogP contribution in [-0.2, 0) is 41.8 Å². The molecule has 1 heterocycles. The number of aliphatic hydroxyl groups excluding tert-OH is 1. The summed E-state index contributed by atoms with van der Waals surface area (Å²) in [5.74, 6) is -1.13. The highest BCUT2D eigenvalue weighted by atomic mass is 16.6. The van der Waals surface area contributed by atoms with Crippen molar-refractivity contribution < 1.29 is 33.6 Å². The minimum absolute atomic E-state index is 0.0908. The molecular formula is C32H44N2O7. The minimum Gasteiger partial charge on any atom is -0.485 e. The summed E-state index contributed by atoms with van der Waals surface area (Å²) in [5, 5.41) is 10.8. The van der Waals surface area contributed by atoms with Crippen LogP contribution in [0.15, 0.2) is 72.2 Å². The molecule has 9 nitrogen and oxygen atoms in total. The normalized spacial score (nSPS) is 15.8. The molecule has 0 radical (unpaired) electrons. The van der Waals surface area contributed by atoms with Crippen LogP contribution in [0.5, 0.6) is 0 Å². The second kappa shape index (κ2) is 17.4. The number of nitrogens with zero attached hydrogens (tertiary/aromatic N) is 2. The average molecular weight is 569 g/mol. The van der Waals surface area contributed by atoms with Crippen molar-refractivity contribution in [1.29, 1.82) is 0 Å². The molecule has 2 atom stereocenters. The molecule has 3 rings (SSSR count). The molecule has 2 aromatic carbocycles. The number of hydrogen-bond donors (Lipinski definition) is 1. The molecule has 1 N–H and O–H groups in total. The van der Waals surface area contributed by atoms with E-state index in [2.05, 4.69) is 30.9 Å². The second-order valence-corrected chi connectivity index (χ2v) is 10.6. The monoisotopic (exact) mass is 568 g/mol. The third kappa shape index (κ3) is 11.5. The van der Waals surface area contributed by atoms with Crippen LogP contribution in [0.4, 0.5) is 0 Å². The van der Waals surface area contributed by atoms with E-state index in [4.69, 9.17) is 18.9 Å². The Morgan fingerprint density at radius 3 is 2.10 bits per heavy atom. The van der Waals surface area contributed by atoms with E-state index in [1.54, 1.807) is 0 Å². The Bertz CT molecular complexity index is 1090. The molecule has 0 spiro atoms. The van der Waals surface area contributed by atoms with Gasteiger partial charge in [0.25, 0.3) is 0 Å². The van der Waals surface area contributed by atoms with Crippen LogP contribution in [0.3, 0.4) is 0 Å². The highest BCUT2D eigenvalue weighted by molar-refractivity contribution is 5.89. The SMILES string of the molecule is CN(C)CCCN(C)CCCCCC(=O)OCC(O)C1OC(=O)C(OCc2ccccc2)=C1OCc1ccccc1. The molecule has 41 heavy (non-hydrogen) atoms. The van der Waals surface area contributed by atoms with Crippen molar-refractivity contribution in [3.63, 3.8) is 0 Å². The van der Waals surface area contributed by atoms with Gasteiger partial charge in [-0.2, -0.15) is 0 Å². The third-order valence-corrected chi connectivity index (χ3v) is 6.70. The van der Waals surface area contributed by atoms with Gasteiger partial charge in [-0.05, 0) is 71.2 Å². The summed E-state index contributed by atoms with van der Waals surface area (Å²) < 4.78 is 22.5. The van der Waals surface area contributed by atoms with Gasteiger partial charge < -0.3 is 33.9 Å². The van der Waals surface area contributed by atoms with Gasteiger partial charge in [-0.3, -0.25) is 4.79 Å². The molecule has 0 fully saturated rings. The molecule has 0 bridgehead atoms. The highest BCUT2D eigenvalue weighted by Crippen LogP contribution is 2.29. The first-order valence-corrected chi connectivity index (χ1v) is 14.3. The van der Waals surface area contributed by atoms with Gasteiger partial charge >= 0.3 is 11.9 Å². The first-order valence-electron chi connectivity index (χ1n) is 14.3. The van der Waals surface area contributed by atoms with Crippen molar-refractivity contribution in [2.24, 2.45) is 0 Å². The third-order valence-electron chi connectivity index (χ3n) is 6.70. The van der Waals surface area contributed by atoms with E-state index in [1.165, 1.54) is 0 Å². The topological polar surface area (TPSA) is 97.8 Å². The van der Waals surface area contributed by atoms with Crippen molar-refractivity contribution >= 4 is 11.9 Å². The Labute approximate surface area is 243 Å². The molecule has 0 aromatic heterocycles. The molecule has 0 saturated heterocycles. The largest absolute Gasteiger partial charge is 0.485 e. The maximum atomic E-state index is 12.7. The van der Waals surface area contributed by atoms with Gasteiger partial charge in [-0.15, -0.1) is 0 Å². The van der Waals surface area contributed by atoms with Crippen LogP contribution in [0.1, 0.15) is 43.2 Å². The van der Waals surface area contributed by atoms with Crippen molar-refractivity contribution in [3.8, 4) is 0 Å². The zero-order chi connectivity index (χ0) is 29.5. The van der Waals surface area contributed by atoms with Gasteiger partial charge in [0.2, 0.25) is 5.76 Å². The number of rotatable bonds is 19. The lowest BCUT2D eigenvalue weighted by Crippen LogP contribution is -2.34. The maximum Gasteiger partial charge on any atom is 0.378 e. The van der Waals surface area contributed by atoms with E-state index in [0.717, 1.165) is 50.0 Å². The lowest BCUT2D eigenvalue weighted by atomic mass is 10.1. The molecule has 0 amide bonds. The van der Waals surface area contributed by atoms with Crippen LogP contribution in [0.2, 0.25) is 0 Å². The molecule has 224 valence electrons. The predicted octanol–water partition coefficient (Wildman–Crippen LogP) is 3.91. The van der Waals surface area contributed by atoms with Gasteiger partial charge in [0.1, 0.15) is 25.9 Å². The fraction of sp³-hybridized carbons (Fsp3) is 0.500. The van der Waals surface area contributed by atoms with Crippen molar-refractivity contribution in [1.82, 2.24) is 9.80 Å². The Balaban J connectivity index is 1.47. The number of unbranched alkanes of at least 4 members (excludes halogenated alkanes) is 2. The molecule has 9 heteroatoms. The molecule has 2 unspecified atom stereocenters. The molecule has 1 aliphatic heterocycles. The number of benzene rings is 2. The van der Waals surface area contributed by atoms with Gasteiger partial charge in [0, 0.05) is 6.42 Å². The Morgan fingerprint density at radius 1 is 0.854 bits per heavy atom. The summed E-state index contributed by atoms with van der Waals surface area (Å²) in [6.07, 6.45) is 1.57. The molecular weight excluding hydrogens is 524 g/mol. The van der Waals surface area contributed by atoms with E-state index in [0.29, 0.717) is 6.42 Å². The van der Waals surface area contributed by atoms with Gasteiger partial charge in [0.15, 0.2) is 11.9 Å². The predicted molar refractivity (Wildman–Crippen MR) is 155 cm³/mol. The Morgan fingerprint density at radius 2 is 1.46 bits per heavy atom. The van der Waals surface area contributed by atoms with Crippen LogP contribution >= 0.6 is 0 Å². The van der Waals surface area contributed by atoms with E-state index in [9.17, 15) is 14.7 Å². The molecule has 0 saturated carbocycles. The number of ether oxygens (including phenoxy) is 4. The fourth-order valence-corrected chi connectivity index (χ4v) is 4.38. The standard InChI is InChI=1S/C32H44N2O7/c1-33(2)19-13-21-34(3)20-12-6-11-18-28(36)38-24-27(35)29-30(39-22-25-14-7-4-8-15-25)31(32(37)41-29)40-23-26-16-9-5-10-17-26/h4-5,7-10,14-17,27,29,35H,6,11-13,18-24H2,1-3H3. The summed E-state index contributed by atoms with van der Waals surface area (Å²) in [6, 6.07) is 18.8. The summed E-state index contributed by atoms with van der Waals surface area (Å²) in [7, 11) is 6.27. The van der Waals surface area contributed by atoms with Crippen LogP contribution < -0.4 is 0 Å². The van der Waals surface area contributed by atoms with Gasteiger partial charge in [-0.1, -0.05) is 67.1 Å². The fourth-order valence-electron chi connectivity index (χ4n) is 4.38. The maximum absolute atomic E-state index is 12.7. The minimum atomic E-state index is -1.30. The van der Waals surface area contributed by atoms with Crippen LogP contribution in [0.25, 0.3) is 0 Å². The number of cyclic esters (lactones) is 1. The summed E-state index contributed by atoms with van der Waals surface area (Å²) in [5.41, 5.74) is 1.74. The number of aliphatic hydroxyl groups is 1. The summed E-state index contributed by atoms with van der Waals surface area (Å²) >= 11 is 0. The first-order chi connectivity index (χ1) is 19.8. The lowest BCUT2D eigenvalue weighted by molar-refractivity contribution is -0.155. The Kier molecular flexibility index (Phi) is 13.6. The number of carbonyl (C=O) groups excluding carboxylic acids is 2. The number of esters is 2. The molecule has 2 aromatic rings. The molecule has 0 aliphatic carbocycles. The number of carbonyl (C=O) groups is 2. The van der Waals surface area contributed by atoms with Gasteiger partial charge in [0.05, 0.1) is 0 Å². The first kappa shape index (κ1) is 32.1. The smallest absolute Gasteiger partial charge is 0.378 e. The van der Waals surface area contributed by atoms with Crippen LogP contribution in [-0.4, -0.2) is 86.4 Å². The zero-order valence-corrected chi connectivity index (χ0v) is 24.5. The average Bonchev–Trinajstić information content (AvgIpc) is 3.29. The lowest BCUT2D eigenvalue weighted by Gasteiger charge is -2.20. The molecule has 1 aliphatic rings. The summed E-state index contributed by atoms with van der Waals surface area (Å²) in [4.78, 5) is 29.5. The quantitative estimate of drug-likeness (QED) is 0.200. The van der Waals surface area contributed by atoms with E-state index in [-0.39, 0.29) is 37.8 Å². The van der Waals surface area contributed by atoms with Crippen molar-refractivity contribution in [2.45, 2.75) is 57.5 Å². The second-order valence-electron chi connectivity index (χ2n) is 10.6. The van der Waals surface area contributed by atoms with Crippen molar-refractivity contribution in [2.75, 3.05) is 47.4 Å². The van der Waals surface area contributed by atoms with E-state index >= 15 is 0 Å². The van der Waals surface area contributed by atoms with E-state index in [1.807, 2.05) is 60.7 Å². The Hall–Kier alpha value is -3.40. The van der Waals surface area contributed by atoms with Crippen molar-refractivity contribution in [3.05, 3.63) is 83.3 Å². The van der Waals surface area contributed by atoms with E-state index < -0.39 is 24.1 Å². The summed E-state index contributed by atoms with van der Waals surface area (Å²) in [6.45, 7) is 3.07. The highest BCUT2D eigenvalue weighted by Gasteiger charge is 2.42. The number of hydrogen-bond acceptors (Lipinski definition) is 9.